The third-order valence-electron chi connectivity index (χ3n) is 2.93. The third-order valence-corrected chi connectivity index (χ3v) is 2.93. The van der Waals surface area contributed by atoms with Crippen LogP contribution in [0.15, 0.2) is 60.7 Å². The van der Waals surface area contributed by atoms with Gasteiger partial charge < -0.3 is 16.0 Å². The van der Waals surface area contributed by atoms with Gasteiger partial charge in [0.2, 0.25) is 0 Å². The number of carbonyl (C=O) groups excluding carboxylic acids is 1. The molecule has 0 bridgehead atoms. The van der Waals surface area contributed by atoms with E-state index in [1.807, 2.05) is 60.7 Å². The number of benzene rings is 2. The maximum absolute atomic E-state index is 12.3. The second-order valence-corrected chi connectivity index (χ2v) is 4.49. The highest BCUT2D eigenvalue weighted by Crippen LogP contribution is 2.09. The van der Waals surface area contributed by atoms with Crippen molar-refractivity contribution in [2.75, 3.05) is 18.4 Å². The van der Waals surface area contributed by atoms with Gasteiger partial charge in [0, 0.05) is 25.3 Å². The Hall–Kier alpha value is -2.33. The third kappa shape index (κ3) is 4.10. The van der Waals surface area contributed by atoms with E-state index in [4.69, 9.17) is 5.73 Å². The van der Waals surface area contributed by atoms with Gasteiger partial charge in [0.1, 0.15) is 0 Å². The summed E-state index contributed by atoms with van der Waals surface area (Å²) in [6.45, 7) is 1.51. The first-order chi connectivity index (χ1) is 9.79. The first-order valence-electron chi connectivity index (χ1n) is 6.64. The Kier molecular flexibility index (Phi) is 5.15. The average molecular weight is 269 g/mol. The van der Waals surface area contributed by atoms with Crippen molar-refractivity contribution >= 4 is 11.7 Å². The molecule has 4 heteroatoms. The normalized spacial score (nSPS) is 10.1. The number of nitrogens with zero attached hydrogens (tertiary/aromatic N) is 1. The molecule has 0 aliphatic heterocycles. The van der Waals surface area contributed by atoms with Crippen LogP contribution >= 0.6 is 0 Å². The number of anilines is 1. The number of carbonyl (C=O) groups is 1. The van der Waals surface area contributed by atoms with Crippen LogP contribution in [-0.2, 0) is 6.54 Å². The van der Waals surface area contributed by atoms with Crippen LogP contribution < -0.4 is 11.1 Å². The maximum atomic E-state index is 12.3. The second kappa shape index (κ2) is 7.31. The first-order valence-corrected chi connectivity index (χ1v) is 6.64. The van der Waals surface area contributed by atoms with E-state index in [9.17, 15) is 4.79 Å². The lowest BCUT2D eigenvalue weighted by atomic mass is 10.2. The Morgan fingerprint density at radius 2 is 1.60 bits per heavy atom. The van der Waals surface area contributed by atoms with Crippen LogP contribution in [0.4, 0.5) is 10.5 Å². The molecule has 0 aliphatic carbocycles. The molecule has 3 N–H and O–H groups in total. The van der Waals surface area contributed by atoms with E-state index < -0.39 is 0 Å². The van der Waals surface area contributed by atoms with Gasteiger partial charge in [-0.25, -0.2) is 4.79 Å². The van der Waals surface area contributed by atoms with E-state index in [0.29, 0.717) is 19.6 Å². The Balaban J connectivity index is 2.02. The number of amides is 2. The van der Waals surface area contributed by atoms with Gasteiger partial charge in [-0.2, -0.15) is 0 Å². The minimum atomic E-state index is -0.134. The molecule has 0 unspecified atom stereocenters. The number of hydrogen-bond donors (Lipinski definition) is 2. The van der Waals surface area contributed by atoms with Crippen molar-refractivity contribution in [2.24, 2.45) is 5.73 Å². The molecule has 0 spiro atoms. The molecule has 0 aromatic heterocycles. The Morgan fingerprint density at radius 1 is 1.00 bits per heavy atom. The highest BCUT2D eigenvalue weighted by molar-refractivity contribution is 5.89. The van der Waals surface area contributed by atoms with Gasteiger partial charge in [0.25, 0.3) is 0 Å². The zero-order valence-electron chi connectivity index (χ0n) is 11.3. The molecule has 104 valence electrons. The summed E-state index contributed by atoms with van der Waals surface area (Å²) in [4.78, 5) is 14.0. The number of hydrogen-bond acceptors (Lipinski definition) is 2. The zero-order valence-corrected chi connectivity index (χ0v) is 11.3. The monoisotopic (exact) mass is 269 g/mol. The summed E-state index contributed by atoms with van der Waals surface area (Å²) in [7, 11) is 0. The standard InChI is InChI=1S/C16H19N3O/c17-11-12-19(13-14-7-3-1-4-8-14)16(20)18-15-9-5-2-6-10-15/h1-10H,11-13,17H2,(H,18,20). The van der Waals surface area contributed by atoms with Crippen LogP contribution in [-0.4, -0.2) is 24.0 Å². The van der Waals surface area contributed by atoms with E-state index >= 15 is 0 Å². The number of nitrogens with two attached hydrogens (primary N) is 1. The predicted octanol–water partition coefficient (Wildman–Crippen LogP) is 2.68. The van der Waals surface area contributed by atoms with Crippen LogP contribution in [0, 0.1) is 0 Å². The van der Waals surface area contributed by atoms with Crippen LogP contribution in [0.1, 0.15) is 5.56 Å². The van der Waals surface area contributed by atoms with Gasteiger partial charge in [-0.15, -0.1) is 0 Å². The van der Waals surface area contributed by atoms with Crippen LogP contribution in [0.25, 0.3) is 0 Å². The number of nitrogens with one attached hydrogen (secondary N) is 1. The fourth-order valence-electron chi connectivity index (χ4n) is 1.94. The van der Waals surface area contributed by atoms with Crippen molar-refractivity contribution in [3.8, 4) is 0 Å². The number of para-hydroxylation sites is 1. The molecule has 4 nitrogen and oxygen atoms in total. The van der Waals surface area contributed by atoms with E-state index in [1.54, 1.807) is 4.90 Å². The quantitative estimate of drug-likeness (QED) is 0.876. The Morgan fingerprint density at radius 3 is 2.20 bits per heavy atom. The van der Waals surface area contributed by atoms with Crippen LogP contribution in [0.2, 0.25) is 0 Å². The van der Waals surface area contributed by atoms with Gasteiger partial charge in [0.15, 0.2) is 0 Å². The lowest BCUT2D eigenvalue weighted by Crippen LogP contribution is -2.37. The summed E-state index contributed by atoms with van der Waals surface area (Å²) in [5.74, 6) is 0. The lowest BCUT2D eigenvalue weighted by Gasteiger charge is -2.22. The minimum absolute atomic E-state index is 0.134. The van der Waals surface area contributed by atoms with Gasteiger partial charge in [-0.3, -0.25) is 0 Å². The minimum Gasteiger partial charge on any atom is -0.329 e. The summed E-state index contributed by atoms with van der Waals surface area (Å²) < 4.78 is 0. The average Bonchev–Trinajstić information content (AvgIpc) is 2.49. The first kappa shape index (κ1) is 14.1. The smallest absolute Gasteiger partial charge is 0.322 e. The van der Waals surface area contributed by atoms with Crippen molar-refractivity contribution in [3.63, 3.8) is 0 Å². The molecular weight excluding hydrogens is 250 g/mol. The summed E-state index contributed by atoms with van der Waals surface area (Å²) in [6, 6.07) is 19.2. The molecule has 2 aromatic carbocycles. The fraction of sp³-hybridized carbons (Fsp3) is 0.188. The number of rotatable bonds is 5. The molecule has 2 aromatic rings. The summed E-state index contributed by atoms with van der Waals surface area (Å²) in [5.41, 5.74) is 7.46. The molecule has 2 amide bonds. The lowest BCUT2D eigenvalue weighted by molar-refractivity contribution is 0.210. The van der Waals surface area contributed by atoms with Crippen molar-refractivity contribution < 1.29 is 4.79 Å². The molecule has 0 radical (unpaired) electrons. The topological polar surface area (TPSA) is 58.4 Å². The van der Waals surface area contributed by atoms with E-state index in [0.717, 1.165) is 11.3 Å². The molecular formula is C16H19N3O. The summed E-state index contributed by atoms with van der Waals surface area (Å²) in [6.07, 6.45) is 0. The molecule has 20 heavy (non-hydrogen) atoms. The Bertz CT molecular complexity index is 528. The second-order valence-electron chi connectivity index (χ2n) is 4.49. The molecule has 0 atom stereocenters. The highest BCUT2D eigenvalue weighted by atomic mass is 16.2. The van der Waals surface area contributed by atoms with Crippen LogP contribution in [0.3, 0.4) is 0 Å². The predicted molar refractivity (Wildman–Crippen MR) is 81.4 cm³/mol. The highest BCUT2D eigenvalue weighted by Gasteiger charge is 2.13. The Labute approximate surface area is 119 Å². The fourth-order valence-corrected chi connectivity index (χ4v) is 1.94. The SMILES string of the molecule is NCCN(Cc1ccccc1)C(=O)Nc1ccccc1. The van der Waals surface area contributed by atoms with Crippen molar-refractivity contribution in [3.05, 3.63) is 66.2 Å². The van der Waals surface area contributed by atoms with Crippen molar-refractivity contribution in [1.29, 1.82) is 0 Å². The molecule has 0 heterocycles. The van der Waals surface area contributed by atoms with Gasteiger partial charge >= 0.3 is 6.03 Å². The summed E-state index contributed by atoms with van der Waals surface area (Å²) in [5, 5.41) is 2.88. The molecule has 0 saturated carbocycles. The van der Waals surface area contributed by atoms with Gasteiger partial charge in [0.05, 0.1) is 0 Å². The number of urea groups is 1. The van der Waals surface area contributed by atoms with E-state index in [1.165, 1.54) is 0 Å². The molecule has 2 rings (SSSR count). The summed E-state index contributed by atoms with van der Waals surface area (Å²) >= 11 is 0. The molecule has 0 saturated heterocycles. The van der Waals surface area contributed by atoms with Crippen molar-refractivity contribution in [1.82, 2.24) is 4.90 Å². The maximum Gasteiger partial charge on any atom is 0.322 e. The zero-order chi connectivity index (χ0) is 14.2. The van der Waals surface area contributed by atoms with Gasteiger partial charge in [-0.05, 0) is 17.7 Å². The van der Waals surface area contributed by atoms with Gasteiger partial charge in [-0.1, -0.05) is 48.5 Å². The van der Waals surface area contributed by atoms with E-state index in [-0.39, 0.29) is 6.03 Å². The van der Waals surface area contributed by atoms with E-state index in [2.05, 4.69) is 5.32 Å². The molecule has 0 aliphatic rings. The molecule has 0 fully saturated rings. The van der Waals surface area contributed by atoms with Crippen LogP contribution in [0.5, 0.6) is 0 Å². The largest absolute Gasteiger partial charge is 0.329 e. The van der Waals surface area contributed by atoms with Crippen molar-refractivity contribution in [2.45, 2.75) is 6.54 Å².